The van der Waals surface area contributed by atoms with Crippen molar-refractivity contribution >= 4 is 17.5 Å². The van der Waals surface area contributed by atoms with Crippen LogP contribution in [0, 0.1) is 19.7 Å². The lowest BCUT2D eigenvalue weighted by atomic mass is 9.98. The predicted octanol–water partition coefficient (Wildman–Crippen LogP) is 5.52. The van der Waals surface area contributed by atoms with Gasteiger partial charge in [0.05, 0.1) is 0 Å². The van der Waals surface area contributed by atoms with E-state index in [0.717, 1.165) is 11.1 Å². The molecule has 1 aliphatic rings. The first-order valence-electron chi connectivity index (χ1n) is 11.9. The zero-order valence-electron chi connectivity index (χ0n) is 21.2. The van der Waals surface area contributed by atoms with E-state index in [1.807, 2.05) is 52.8 Å². The van der Waals surface area contributed by atoms with E-state index in [0.29, 0.717) is 41.5 Å². The molecule has 3 aromatic carbocycles. The van der Waals surface area contributed by atoms with Crippen LogP contribution in [0.5, 0.6) is 11.5 Å². The van der Waals surface area contributed by atoms with E-state index in [4.69, 9.17) is 9.47 Å². The first-order valence-corrected chi connectivity index (χ1v) is 11.9. The van der Waals surface area contributed by atoms with Crippen molar-refractivity contribution in [2.75, 3.05) is 18.1 Å². The van der Waals surface area contributed by atoms with Gasteiger partial charge in [0.2, 0.25) is 5.91 Å². The number of rotatable bonds is 5. The summed E-state index contributed by atoms with van der Waals surface area (Å²) in [7, 11) is 0. The molecule has 2 amide bonds. The van der Waals surface area contributed by atoms with Crippen LogP contribution in [0.1, 0.15) is 53.9 Å². The molecule has 6 nitrogen and oxygen atoms in total. The van der Waals surface area contributed by atoms with Gasteiger partial charge in [0.25, 0.3) is 5.91 Å². The summed E-state index contributed by atoms with van der Waals surface area (Å²) in [6.45, 7) is 10.3. The van der Waals surface area contributed by atoms with Crippen molar-refractivity contribution in [1.29, 1.82) is 0 Å². The minimum atomic E-state index is -1.05. The Balaban J connectivity index is 1.90. The number of fused-ring (bicyclic) bond motifs is 1. The number of carbonyl (C=O) groups is 2. The normalized spacial score (nSPS) is 13.6. The highest BCUT2D eigenvalue weighted by Crippen LogP contribution is 2.36. The molecule has 0 radical (unpaired) electrons. The highest BCUT2D eigenvalue weighted by atomic mass is 19.1. The Bertz CT molecular complexity index is 1280. The number of hydrogen-bond donors (Lipinski definition) is 1. The number of benzene rings is 3. The molecule has 188 valence electrons. The molecule has 36 heavy (non-hydrogen) atoms. The number of ether oxygens (including phenoxy) is 2. The maximum absolute atomic E-state index is 14.2. The van der Waals surface area contributed by atoms with Crippen LogP contribution in [-0.2, 0) is 4.79 Å². The summed E-state index contributed by atoms with van der Waals surface area (Å²) in [5.74, 6) is -0.146. The molecule has 0 fully saturated rings. The van der Waals surface area contributed by atoms with Crippen molar-refractivity contribution in [1.82, 2.24) is 5.32 Å². The van der Waals surface area contributed by atoms with Crippen LogP contribution in [0.3, 0.4) is 0 Å². The molecule has 4 rings (SSSR count). The Morgan fingerprint density at radius 3 is 2.25 bits per heavy atom. The van der Waals surface area contributed by atoms with Crippen LogP contribution < -0.4 is 19.7 Å². The average Bonchev–Trinajstić information content (AvgIpc) is 2.83. The van der Waals surface area contributed by atoms with Crippen LogP contribution in [0.15, 0.2) is 60.7 Å². The van der Waals surface area contributed by atoms with Crippen molar-refractivity contribution in [3.05, 3.63) is 88.7 Å². The fourth-order valence-electron chi connectivity index (χ4n) is 4.16. The summed E-state index contributed by atoms with van der Waals surface area (Å²) in [5, 5.41) is 3.00. The highest BCUT2D eigenvalue weighted by molar-refractivity contribution is 6.11. The minimum absolute atomic E-state index is 0.343. The molecule has 0 saturated carbocycles. The van der Waals surface area contributed by atoms with Crippen LogP contribution in [0.4, 0.5) is 10.1 Å². The second-order valence-electron chi connectivity index (χ2n) is 10.0. The maximum atomic E-state index is 14.2. The molecule has 0 aromatic heterocycles. The molecule has 1 unspecified atom stereocenters. The van der Waals surface area contributed by atoms with Crippen LogP contribution in [-0.4, -0.2) is 30.6 Å². The number of aryl methyl sites for hydroxylation is 2. The number of halogens is 1. The molecule has 0 bridgehead atoms. The SMILES string of the molecule is Cc1ccc(C)c(N(C(=O)c2ccc3c(c2)OCCO3)C(C(=O)NC(C)(C)C)c2ccc(F)cc2)c1. The fraction of sp³-hybridized carbons (Fsp3) is 0.310. The number of anilines is 1. The third kappa shape index (κ3) is 5.51. The summed E-state index contributed by atoms with van der Waals surface area (Å²) in [4.78, 5) is 29.5. The van der Waals surface area contributed by atoms with Gasteiger partial charge in [0.15, 0.2) is 11.5 Å². The van der Waals surface area contributed by atoms with Crippen LogP contribution in [0.2, 0.25) is 0 Å². The molecule has 1 N–H and O–H groups in total. The minimum Gasteiger partial charge on any atom is -0.486 e. The van der Waals surface area contributed by atoms with E-state index in [-0.39, 0.29) is 11.8 Å². The molecule has 0 saturated heterocycles. The number of hydrogen-bond acceptors (Lipinski definition) is 4. The van der Waals surface area contributed by atoms with E-state index in [9.17, 15) is 14.0 Å². The Morgan fingerprint density at radius 2 is 1.58 bits per heavy atom. The molecule has 7 heteroatoms. The van der Waals surface area contributed by atoms with Crippen molar-refractivity contribution in [3.8, 4) is 11.5 Å². The lowest BCUT2D eigenvalue weighted by molar-refractivity contribution is -0.123. The van der Waals surface area contributed by atoms with Gasteiger partial charge in [-0.2, -0.15) is 0 Å². The summed E-state index contributed by atoms with van der Waals surface area (Å²) in [6, 6.07) is 15.4. The lowest BCUT2D eigenvalue weighted by Gasteiger charge is -2.35. The van der Waals surface area contributed by atoms with Crippen molar-refractivity contribution in [2.24, 2.45) is 0 Å². The second-order valence-corrected chi connectivity index (χ2v) is 10.0. The third-order valence-corrected chi connectivity index (χ3v) is 5.82. The van der Waals surface area contributed by atoms with E-state index in [1.54, 1.807) is 18.2 Å². The summed E-state index contributed by atoms with van der Waals surface area (Å²) in [6.07, 6.45) is 0. The van der Waals surface area contributed by atoms with E-state index in [2.05, 4.69) is 5.32 Å². The molecular weight excluding hydrogens is 459 g/mol. The van der Waals surface area contributed by atoms with Crippen LogP contribution in [0.25, 0.3) is 0 Å². The van der Waals surface area contributed by atoms with Gasteiger partial charge < -0.3 is 14.8 Å². The van der Waals surface area contributed by atoms with Gasteiger partial charge >= 0.3 is 0 Å². The molecule has 1 heterocycles. The molecular formula is C29H31FN2O4. The van der Waals surface area contributed by atoms with Crippen molar-refractivity contribution < 1.29 is 23.5 Å². The number of carbonyl (C=O) groups excluding carboxylic acids is 2. The van der Waals surface area contributed by atoms with Gasteiger partial charge in [-0.3, -0.25) is 14.5 Å². The lowest BCUT2D eigenvalue weighted by Crippen LogP contribution is -2.49. The Kier molecular flexibility index (Phi) is 7.02. The predicted molar refractivity (Wildman–Crippen MR) is 137 cm³/mol. The number of nitrogens with one attached hydrogen (secondary N) is 1. The zero-order chi connectivity index (χ0) is 26.0. The molecule has 3 aromatic rings. The van der Waals surface area contributed by atoms with Gasteiger partial charge in [-0.15, -0.1) is 0 Å². The van der Waals surface area contributed by atoms with Gasteiger partial charge in [-0.05, 0) is 87.7 Å². The molecule has 1 aliphatic heterocycles. The molecule has 0 aliphatic carbocycles. The summed E-state index contributed by atoms with van der Waals surface area (Å²) >= 11 is 0. The Labute approximate surface area is 211 Å². The topological polar surface area (TPSA) is 67.9 Å². The summed E-state index contributed by atoms with van der Waals surface area (Å²) in [5.41, 5.74) is 2.63. The van der Waals surface area contributed by atoms with E-state index in [1.165, 1.54) is 29.2 Å². The molecule has 1 atom stereocenters. The van der Waals surface area contributed by atoms with Gasteiger partial charge in [0.1, 0.15) is 25.1 Å². The van der Waals surface area contributed by atoms with E-state index < -0.39 is 17.4 Å². The Morgan fingerprint density at radius 1 is 0.917 bits per heavy atom. The van der Waals surface area contributed by atoms with Crippen molar-refractivity contribution in [2.45, 2.75) is 46.2 Å². The largest absolute Gasteiger partial charge is 0.486 e. The zero-order valence-corrected chi connectivity index (χ0v) is 21.2. The quantitative estimate of drug-likeness (QED) is 0.512. The first-order chi connectivity index (χ1) is 17.0. The van der Waals surface area contributed by atoms with Crippen molar-refractivity contribution in [3.63, 3.8) is 0 Å². The smallest absolute Gasteiger partial charge is 0.259 e. The standard InChI is InChI=1S/C29H31FN2O4/c1-18-6-7-19(2)23(16-18)32(28(34)21-10-13-24-25(17-21)36-15-14-35-24)26(27(33)31-29(3,4)5)20-8-11-22(30)12-9-20/h6-13,16-17,26H,14-15H2,1-5H3,(H,31,33). The van der Waals surface area contributed by atoms with Crippen LogP contribution >= 0.6 is 0 Å². The first kappa shape index (κ1) is 25.2. The van der Waals surface area contributed by atoms with Gasteiger partial charge in [-0.25, -0.2) is 4.39 Å². The van der Waals surface area contributed by atoms with E-state index >= 15 is 0 Å². The third-order valence-electron chi connectivity index (χ3n) is 5.82. The van der Waals surface area contributed by atoms with Gasteiger partial charge in [0, 0.05) is 16.8 Å². The number of amides is 2. The summed E-state index contributed by atoms with van der Waals surface area (Å²) < 4.78 is 25.1. The number of nitrogens with zero attached hydrogens (tertiary/aromatic N) is 1. The highest BCUT2D eigenvalue weighted by Gasteiger charge is 2.36. The van der Waals surface area contributed by atoms with Gasteiger partial charge in [-0.1, -0.05) is 24.3 Å². The monoisotopic (exact) mass is 490 g/mol. The Hall–Kier alpha value is -3.87. The molecule has 0 spiro atoms. The second kappa shape index (κ2) is 10.0. The average molecular weight is 491 g/mol. The fourth-order valence-corrected chi connectivity index (χ4v) is 4.16. The maximum Gasteiger partial charge on any atom is 0.259 e.